The van der Waals surface area contributed by atoms with E-state index in [-0.39, 0.29) is 17.1 Å². The lowest BCUT2D eigenvalue weighted by atomic mass is 10.2. The highest BCUT2D eigenvalue weighted by molar-refractivity contribution is 7.89. The molecule has 3 aromatic rings. The molecule has 2 heterocycles. The molecule has 7 nitrogen and oxygen atoms in total. The first kappa shape index (κ1) is 22.8. The van der Waals surface area contributed by atoms with E-state index in [4.69, 9.17) is 4.74 Å². The Morgan fingerprint density at radius 3 is 2.41 bits per heavy atom. The number of thiazole rings is 1. The summed E-state index contributed by atoms with van der Waals surface area (Å²) in [4.78, 5) is 18.0. The van der Waals surface area contributed by atoms with Crippen LogP contribution in [0.4, 0.5) is 0 Å². The highest BCUT2D eigenvalue weighted by Crippen LogP contribution is 2.22. The fraction of sp³-hybridized carbons (Fsp3) is 0.391. The van der Waals surface area contributed by atoms with Crippen LogP contribution in [0, 0.1) is 6.92 Å². The number of nitrogens with zero attached hydrogens (tertiary/aromatic N) is 3. The molecule has 1 aliphatic rings. The molecule has 4 rings (SSSR count). The maximum absolute atomic E-state index is 13.0. The lowest BCUT2D eigenvalue weighted by Crippen LogP contribution is -2.48. The van der Waals surface area contributed by atoms with E-state index < -0.39 is 15.9 Å². The number of aromatic nitrogens is 1. The average molecular weight is 474 g/mol. The van der Waals surface area contributed by atoms with Gasteiger partial charge in [-0.25, -0.2) is 8.42 Å². The number of rotatable bonds is 4. The van der Waals surface area contributed by atoms with Gasteiger partial charge in [0, 0.05) is 25.2 Å². The van der Waals surface area contributed by atoms with Gasteiger partial charge in [-0.05, 0) is 69.7 Å². The first-order chi connectivity index (χ1) is 15.2. The zero-order valence-electron chi connectivity index (χ0n) is 18.6. The number of fused-ring (bicyclic) bond motifs is 1. The lowest BCUT2D eigenvalue weighted by molar-refractivity contribution is -0.0440. The molecule has 1 aromatic heterocycles. The number of carbonyl (C=O) groups is 1. The third-order valence-corrected chi connectivity index (χ3v) is 8.36. The monoisotopic (exact) mass is 473 g/mol. The van der Waals surface area contributed by atoms with Crippen molar-refractivity contribution in [3.05, 3.63) is 58.4 Å². The topological polar surface area (TPSA) is 81.0 Å². The first-order valence-corrected chi connectivity index (χ1v) is 12.9. The molecule has 0 N–H and O–H groups in total. The van der Waals surface area contributed by atoms with Crippen LogP contribution in [0.1, 0.15) is 36.7 Å². The van der Waals surface area contributed by atoms with E-state index in [2.05, 4.69) is 11.1 Å². The summed E-state index contributed by atoms with van der Waals surface area (Å²) < 4.78 is 36.2. The van der Waals surface area contributed by atoms with Gasteiger partial charge in [0.05, 0.1) is 27.3 Å². The number of carbonyl (C=O) groups excluding carboxylic acids is 1. The van der Waals surface area contributed by atoms with Gasteiger partial charge in [-0.1, -0.05) is 17.4 Å². The standard InChI is InChI=1S/C23H27N3O4S2/c1-5-26-20-11-6-15(2)12-21(20)31-23(26)24-22(27)18-7-9-19(10-8-18)32(28,29)25-13-16(3)30-17(4)14-25/h6-12,16-17H,5,13-14H2,1-4H3. The minimum Gasteiger partial charge on any atom is -0.373 e. The Bertz CT molecular complexity index is 1310. The number of amides is 1. The molecule has 0 saturated carbocycles. The van der Waals surface area contributed by atoms with Crippen LogP contribution in [0.2, 0.25) is 0 Å². The molecule has 2 unspecified atom stereocenters. The Balaban J connectivity index is 1.62. The molecule has 2 atom stereocenters. The van der Waals surface area contributed by atoms with Crippen molar-refractivity contribution in [3.8, 4) is 0 Å². The Morgan fingerprint density at radius 2 is 1.78 bits per heavy atom. The molecule has 2 aromatic carbocycles. The van der Waals surface area contributed by atoms with Crippen LogP contribution < -0.4 is 4.80 Å². The van der Waals surface area contributed by atoms with Gasteiger partial charge >= 0.3 is 0 Å². The fourth-order valence-electron chi connectivity index (χ4n) is 3.97. The van der Waals surface area contributed by atoms with Crippen molar-refractivity contribution in [2.45, 2.75) is 51.3 Å². The number of aryl methyl sites for hydroxylation is 2. The maximum Gasteiger partial charge on any atom is 0.279 e. The summed E-state index contributed by atoms with van der Waals surface area (Å²) in [6.45, 7) is 9.09. The normalized spacial score (nSPS) is 20.7. The van der Waals surface area contributed by atoms with E-state index >= 15 is 0 Å². The van der Waals surface area contributed by atoms with Crippen molar-refractivity contribution in [3.63, 3.8) is 0 Å². The van der Waals surface area contributed by atoms with Crippen LogP contribution in [0.15, 0.2) is 52.4 Å². The van der Waals surface area contributed by atoms with Crippen LogP contribution in [-0.2, 0) is 21.3 Å². The van der Waals surface area contributed by atoms with Crippen molar-refractivity contribution < 1.29 is 17.9 Å². The number of morpholine rings is 1. The number of ether oxygens (including phenoxy) is 1. The van der Waals surface area contributed by atoms with E-state index in [1.807, 2.05) is 44.4 Å². The minimum absolute atomic E-state index is 0.163. The third-order valence-electron chi connectivity index (χ3n) is 5.48. The van der Waals surface area contributed by atoms with Crippen molar-refractivity contribution in [1.82, 2.24) is 8.87 Å². The number of sulfonamides is 1. The summed E-state index contributed by atoms with van der Waals surface area (Å²) >= 11 is 1.47. The first-order valence-electron chi connectivity index (χ1n) is 10.6. The molecule has 0 aliphatic carbocycles. The Kier molecular flexibility index (Phi) is 6.35. The van der Waals surface area contributed by atoms with Crippen molar-refractivity contribution in [2.75, 3.05) is 13.1 Å². The predicted octanol–water partition coefficient (Wildman–Crippen LogP) is 3.57. The van der Waals surface area contributed by atoms with Crippen LogP contribution in [0.3, 0.4) is 0 Å². The molecule has 0 spiro atoms. The van der Waals surface area contributed by atoms with Gasteiger partial charge < -0.3 is 9.30 Å². The van der Waals surface area contributed by atoms with Crippen molar-refractivity contribution >= 4 is 37.5 Å². The molecule has 9 heteroatoms. The molecular weight excluding hydrogens is 446 g/mol. The molecule has 1 fully saturated rings. The Labute approximate surface area is 192 Å². The quantitative estimate of drug-likeness (QED) is 0.580. The average Bonchev–Trinajstić information content (AvgIpc) is 3.08. The number of hydrogen-bond acceptors (Lipinski definition) is 5. The summed E-state index contributed by atoms with van der Waals surface area (Å²) in [7, 11) is -3.65. The van der Waals surface area contributed by atoms with Crippen LogP contribution >= 0.6 is 11.3 Å². The molecule has 1 aliphatic heterocycles. The molecular formula is C23H27N3O4S2. The predicted molar refractivity (Wildman–Crippen MR) is 125 cm³/mol. The second-order valence-electron chi connectivity index (χ2n) is 8.12. The van der Waals surface area contributed by atoms with Crippen molar-refractivity contribution in [1.29, 1.82) is 0 Å². The largest absolute Gasteiger partial charge is 0.373 e. The second kappa shape index (κ2) is 8.90. The van der Waals surface area contributed by atoms with Crippen molar-refractivity contribution in [2.24, 2.45) is 4.99 Å². The highest BCUT2D eigenvalue weighted by Gasteiger charge is 2.32. The minimum atomic E-state index is -3.65. The fourth-order valence-corrected chi connectivity index (χ4v) is 6.75. The summed E-state index contributed by atoms with van der Waals surface area (Å²) in [5.74, 6) is -0.395. The van der Waals surface area contributed by atoms with Gasteiger partial charge in [0.1, 0.15) is 0 Å². The SMILES string of the molecule is CCn1c(=NC(=O)c2ccc(S(=O)(=O)N3CC(C)OC(C)C3)cc2)sc2cc(C)ccc21. The van der Waals surface area contributed by atoms with E-state index in [9.17, 15) is 13.2 Å². The zero-order chi connectivity index (χ0) is 23.0. The van der Waals surface area contributed by atoms with Gasteiger partial charge in [-0.3, -0.25) is 4.79 Å². The summed E-state index contributed by atoms with van der Waals surface area (Å²) in [6, 6.07) is 12.2. The molecule has 1 saturated heterocycles. The summed E-state index contributed by atoms with van der Waals surface area (Å²) in [6.07, 6.45) is -0.327. The van der Waals surface area contributed by atoms with E-state index in [1.54, 1.807) is 0 Å². The van der Waals surface area contributed by atoms with E-state index in [0.29, 0.717) is 30.0 Å². The lowest BCUT2D eigenvalue weighted by Gasteiger charge is -2.34. The van der Waals surface area contributed by atoms with Gasteiger partial charge in [0.15, 0.2) is 4.80 Å². The van der Waals surface area contributed by atoms with Gasteiger partial charge in [0.2, 0.25) is 10.0 Å². The van der Waals surface area contributed by atoms with Crippen LogP contribution in [0.25, 0.3) is 10.2 Å². The smallest absolute Gasteiger partial charge is 0.279 e. The Hall–Kier alpha value is -2.33. The number of benzene rings is 2. The summed E-state index contributed by atoms with van der Waals surface area (Å²) in [5, 5.41) is 0. The molecule has 170 valence electrons. The third kappa shape index (κ3) is 4.43. The van der Waals surface area contributed by atoms with Crippen LogP contribution in [0.5, 0.6) is 0 Å². The summed E-state index contributed by atoms with van der Waals surface area (Å²) in [5.41, 5.74) is 2.55. The molecule has 0 radical (unpaired) electrons. The van der Waals surface area contributed by atoms with Gasteiger partial charge in [-0.2, -0.15) is 9.30 Å². The number of hydrogen-bond donors (Lipinski definition) is 0. The molecule has 0 bridgehead atoms. The zero-order valence-corrected chi connectivity index (χ0v) is 20.2. The molecule has 32 heavy (non-hydrogen) atoms. The van der Waals surface area contributed by atoms with Crippen LogP contribution in [-0.4, -0.2) is 48.5 Å². The van der Waals surface area contributed by atoms with E-state index in [1.165, 1.54) is 39.9 Å². The Morgan fingerprint density at radius 1 is 1.12 bits per heavy atom. The second-order valence-corrected chi connectivity index (χ2v) is 11.1. The van der Waals surface area contributed by atoms with E-state index in [0.717, 1.165) is 15.8 Å². The maximum atomic E-state index is 13.0. The highest BCUT2D eigenvalue weighted by atomic mass is 32.2. The molecule has 1 amide bonds. The van der Waals surface area contributed by atoms with Gasteiger partial charge in [0.25, 0.3) is 5.91 Å². The van der Waals surface area contributed by atoms with Gasteiger partial charge in [-0.15, -0.1) is 0 Å².